The van der Waals surface area contributed by atoms with Gasteiger partial charge in [-0.05, 0) is 13.0 Å². The molecular formula is C8H13N3O2. The zero-order valence-electron chi connectivity index (χ0n) is 7.98. The van der Waals surface area contributed by atoms with Crippen molar-refractivity contribution >= 4 is 0 Å². The van der Waals surface area contributed by atoms with Crippen molar-refractivity contribution in [3.05, 3.63) is 17.5 Å². The van der Waals surface area contributed by atoms with Gasteiger partial charge in [0.25, 0.3) is 0 Å². The van der Waals surface area contributed by atoms with Crippen molar-refractivity contribution in [2.75, 3.05) is 14.2 Å². The van der Waals surface area contributed by atoms with Crippen LogP contribution in [0.5, 0.6) is 6.01 Å². The first-order valence-corrected chi connectivity index (χ1v) is 3.90. The first kappa shape index (κ1) is 9.88. The Morgan fingerprint density at radius 1 is 1.54 bits per heavy atom. The smallest absolute Gasteiger partial charge is 0.316 e. The van der Waals surface area contributed by atoms with Gasteiger partial charge in [-0.2, -0.15) is 10.0 Å². The third kappa shape index (κ3) is 2.96. The van der Waals surface area contributed by atoms with Crippen molar-refractivity contribution in [2.24, 2.45) is 0 Å². The number of hydrogen-bond acceptors (Lipinski definition) is 5. The minimum atomic E-state index is 0.330. The lowest BCUT2D eigenvalue weighted by Crippen LogP contribution is -2.13. The molecular weight excluding hydrogens is 170 g/mol. The minimum absolute atomic E-state index is 0.330. The summed E-state index contributed by atoms with van der Waals surface area (Å²) >= 11 is 0. The monoisotopic (exact) mass is 183 g/mol. The quantitative estimate of drug-likeness (QED) is 0.696. The van der Waals surface area contributed by atoms with Gasteiger partial charge in [0.2, 0.25) is 0 Å². The van der Waals surface area contributed by atoms with Crippen molar-refractivity contribution in [1.82, 2.24) is 15.0 Å². The van der Waals surface area contributed by atoms with Crippen LogP contribution in [-0.2, 0) is 6.54 Å². The molecule has 0 radical (unpaired) electrons. The van der Waals surface area contributed by atoms with E-state index in [1.54, 1.807) is 13.1 Å². The lowest BCUT2D eigenvalue weighted by Gasteiger charge is -2.08. The molecule has 1 aromatic heterocycles. The van der Waals surface area contributed by atoms with Gasteiger partial charge in [0.05, 0.1) is 19.3 Å². The Labute approximate surface area is 77.0 Å². The summed E-state index contributed by atoms with van der Waals surface area (Å²) in [5.74, 6) is 0. The fourth-order valence-electron chi connectivity index (χ4n) is 1.01. The number of hydrogen-bond donors (Lipinski definition) is 1. The standard InChI is InChI=1S/C8H13N3O2/c1-6-4-7(5-11(2)12)10-8(9-6)13-3/h4,12H,5H2,1-3H3. The van der Waals surface area contributed by atoms with Crippen LogP contribution in [0, 0.1) is 6.92 Å². The Morgan fingerprint density at radius 3 is 2.77 bits per heavy atom. The van der Waals surface area contributed by atoms with Crippen LogP contribution in [0.2, 0.25) is 0 Å². The summed E-state index contributed by atoms with van der Waals surface area (Å²) in [6, 6.07) is 2.13. The highest BCUT2D eigenvalue weighted by Gasteiger charge is 2.03. The summed E-state index contributed by atoms with van der Waals surface area (Å²) in [5.41, 5.74) is 1.55. The number of rotatable bonds is 3. The Kier molecular flexibility index (Phi) is 3.16. The number of ether oxygens (including phenoxy) is 1. The van der Waals surface area contributed by atoms with Gasteiger partial charge in [0, 0.05) is 12.7 Å². The molecule has 0 aliphatic carbocycles. The van der Waals surface area contributed by atoms with Crippen LogP contribution in [-0.4, -0.2) is 34.4 Å². The number of methoxy groups -OCH3 is 1. The van der Waals surface area contributed by atoms with Crippen molar-refractivity contribution in [3.63, 3.8) is 0 Å². The zero-order valence-corrected chi connectivity index (χ0v) is 7.98. The van der Waals surface area contributed by atoms with Crippen LogP contribution in [0.1, 0.15) is 11.4 Å². The second-order valence-electron chi connectivity index (χ2n) is 2.80. The topological polar surface area (TPSA) is 58.5 Å². The van der Waals surface area contributed by atoms with Crippen molar-refractivity contribution in [3.8, 4) is 6.01 Å². The maximum absolute atomic E-state index is 8.99. The van der Waals surface area contributed by atoms with E-state index in [1.165, 1.54) is 7.11 Å². The molecule has 0 unspecified atom stereocenters. The normalized spacial score (nSPS) is 10.5. The summed E-state index contributed by atoms with van der Waals surface area (Å²) in [4.78, 5) is 8.08. The second-order valence-corrected chi connectivity index (χ2v) is 2.80. The van der Waals surface area contributed by atoms with Crippen molar-refractivity contribution in [2.45, 2.75) is 13.5 Å². The molecule has 0 bridgehead atoms. The Hall–Kier alpha value is -1.20. The fraction of sp³-hybridized carbons (Fsp3) is 0.500. The highest BCUT2D eigenvalue weighted by Crippen LogP contribution is 2.07. The van der Waals surface area contributed by atoms with E-state index >= 15 is 0 Å². The van der Waals surface area contributed by atoms with E-state index in [4.69, 9.17) is 9.94 Å². The molecule has 0 fully saturated rings. The van der Waals surface area contributed by atoms with Crippen LogP contribution in [0.4, 0.5) is 0 Å². The molecule has 0 aromatic carbocycles. The van der Waals surface area contributed by atoms with Gasteiger partial charge in [0.1, 0.15) is 0 Å². The molecule has 1 rings (SSSR count). The van der Waals surface area contributed by atoms with E-state index in [9.17, 15) is 0 Å². The molecule has 0 amide bonds. The predicted molar refractivity (Wildman–Crippen MR) is 46.6 cm³/mol. The highest BCUT2D eigenvalue weighted by atomic mass is 16.5. The third-order valence-corrected chi connectivity index (χ3v) is 1.46. The van der Waals surface area contributed by atoms with Gasteiger partial charge in [-0.3, -0.25) is 0 Å². The molecule has 0 spiro atoms. The number of nitrogens with zero attached hydrogens (tertiary/aromatic N) is 3. The fourth-order valence-corrected chi connectivity index (χ4v) is 1.01. The third-order valence-electron chi connectivity index (χ3n) is 1.46. The van der Waals surface area contributed by atoms with Crippen LogP contribution >= 0.6 is 0 Å². The molecule has 0 aliphatic rings. The van der Waals surface area contributed by atoms with E-state index < -0.39 is 0 Å². The SMILES string of the molecule is COc1nc(C)cc(CN(C)O)n1. The molecule has 13 heavy (non-hydrogen) atoms. The Balaban J connectivity index is 2.88. The van der Waals surface area contributed by atoms with Crippen molar-refractivity contribution < 1.29 is 9.94 Å². The van der Waals surface area contributed by atoms with Gasteiger partial charge in [-0.15, -0.1) is 0 Å². The molecule has 72 valence electrons. The summed E-state index contributed by atoms with van der Waals surface area (Å²) in [5, 5.41) is 10.0. The number of hydroxylamine groups is 2. The molecule has 1 aromatic rings. The number of aryl methyl sites for hydroxylation is 1. The van der Waals surface area contributed by atoms with E-state index in [2.05, 4.69) is 9.97 Å². The first-order valence-electron chi connectivity index (χ1n) is 3.90. The van der Waals surface area contributed by atoms with Crippen molar-refractivity contribution in [1.29, 1.82) is 0 Å². The zero-order chi connectivity index (χ0) is 9.84. The first-order chi connectivity index (χ1) is 6.11. The average molecular weight is 183 g/mol. The lowest BCUT2D eigenvalue weighted by atomic mass is 10.3. The van der Waals surface area contributed by atoms with Gasteiger partial charge >= 0.3 is 6.01 Å². The number of aromatic nitrogens is 2. The molecule has 5 nitrogen and oxygen atoms in total. The predicted octanol–water partition coefficient (Wildman–Crippen LogP) is 0.615. The second kappa shape index (κ2) is 4.15. The molecule has 0 saturated heterocycles. The highest BCUT2D eigenvalue weighted by molar-refractivity contribution is 5.12. The van der Waals surface area contributed by atoms with Gasteiger partial charge < -0.3 is 9.94 Å². The van der Waals surface area contributed by atoms with E-state index in [0.717, 1.165) is 16.5 Å². The summed E-state index contributed by atoms with van der Waals surface area (Å²) < 4.78 is 4.89. The van der Waals surface area contributed by atoms with Gasteiger partial charge in [-0.25, -0.2) is 4.98 Å². The minimum Gasteiger partial charge on any atom is -0.467 e. The molecule has 5 heteroatoms. The Morgan fingerprint density at radius 2 is 2.23 bits per heavy atom. The van der Waals surface area contributed by atoms with Crippen LogP contribution in [0.3, 0.4) is 0 Å². The van der Waals surface area contributed by atoms with Gasteiger partial charge in [-0.1, -0.05) is 0 Å². The largest absolute Gasteiger partial charge is 0.467 e. The molecule has 0 atom stereocenters. The van der Waals surface area contributed by atoms with Crippen LogP contribution in [0.25, 0.3) is 0 Å². The van der Waals surface area contributed by atoms with E-state index in [-0.39, 0.29) is 0 Å². The molecule has 0 saturated carbocycles. The average Bonchev–Trinajstić information content (AvgIpc) is 2.01. The Bertz CT molecular complexity index is 289. The molecule has 1 N–H and O–H groups in total. The summed E-state index contributed by atoms with van der Waals surface area (Å²) in [6.07, 6.45) is 0. The van der Waals surface area contributed by atoms with Crippen LogP contribution < -0.4 is 4.74 Å². The van der Waals surface area contributed by atoms with Crippen LogP contribution in [0.15, 0.2) is 6.07 Å². The van der Waals surface area contributed by atoms with Gasteiger partial charge in [0.15, 0.2) is 0 Å². The molecule has 1 heterocycles. The summed E-state index contributed by atoms with van der Waals surface area (Å²) in [6.45, 7) is 2.21. The van der Waals surface area contributed by atoms with E-state index in [0.29, 0.717) is 12.6 Å². The maximum atomic E-state index is 8.99. The lowest BCUT2D eigenvalue weighted by molar-refractivity contribution is -0.0741. The maximum Gasteiger partial charge on any atom is 0.316 e. The summed E-state index contributed by atoms with van der Waals surface area (Å²) in [7, 11) is 3.07. The molecule has 0 aliphatic heterocycles. The van der Waals surface area contributed by atoms with E-state index in [1.807, 2.05) is 6.92 Å².